The standard InChI is InChI=1S/C23H25N3O2S/c1-17-7-3-5-9-19(17)22-24-20(16-29-22)23(27)26-13-11-25(12-14-26)15-18-8-4-6-10-21(18)28-2/h3-10,16H,11-15H2,1-2H3. The van der Waals surface area contributed by atoms with Gasteiger partial charge < -0.3 is 9.64 Å². The molecule has 4 rings (SSSR count). The number of aromatic nitrogens is 1. The number of amides is 1. The van der Waals surface area contributed by atoms with Crippen LogP contribution in [-0.4, -0.2) is 54.0 Å². The number of piperazine rings is 1. The zero-order chi connectivity index (χ0) is 20.2. The van der Waals surface area contributed by atoms with Crippen molar-refractivity contribution in [2.75, 3.05) is 33.3 Å². The summed E-state index contributed by atoms with van der Waals surface area (Å²) in [7, 11) is 1.70. The van der Waals surface area contributed by atoms with Crippen LogP contribution in [0.3, 0.4) is 0 Å². The Labute approximate surface area is 175 Å². The van der Waals surface area contributed by atoms with Crippen molar-refractivity contribution in [1.82, 2.24) is 14.8 Å². The number of thiazole rings is 1. The summed E-state index contributed by atoms with van der Waals surface area (Å²) in [6, 6.07) is 16.2. The van der Waals surface area contributed by atoms with Crippen LogP contribution in [0.5, 0.6) is 5.75 Å². The summed E-state index contributed by atoms with van der Waals surface area (Å²) in [5.41, 5.74) is 3.99. The van der Waals surface area contributed by atoms with Crippen molar-refractivity contribution in [2.45, 2.75) is 13.5 Å². The smallest absolute Gasteiger partial charge is 0.273 e. The summed E-state index contributed by atoms with van der Waals surface area (Å²) in [6.45, 7) is 6.02. The molecule has 1 aliphatic rings. The van der Waals surface area contributed by atoms with E-state index in [-0.39, 0.29) is 5.91 Å². The number of benzene rings is 2. The van der Waals surface area contributed by atoms with Crippen LogP contribution in [0.25, 0.3) is 10.6 Å². The lowest BCUT2D eigenvalue weighted by Gasteiger charge is -2.34. The number of nitrogens with zero attached hydrogens (tertiary/aromatic N) is 3. The zero-order valence-electron chi connectivity index (χ0n) is 16.8. The number of hydrogen-bond donors (Lipinski definition) is 0. The lowest BCUT2D eigenvalue weighted by atomic mass is 10.1. The van der Waals surface area contributed by atoms with Crippen molar-refractivity contribution < 1.29 is 9.53 Å². The molecule has 1 aromatic heterocycles. The largest absolute Gasteiger partial charge is 0.496 e. The number of carbonyl (C=O) groups is 1. The van der Waals surface area contributed by atoms with Crippen LogP contribution in [0.1, 0.15) is 21.6 Å². The fourth-order valence-corrected chi connectivity index (χ4v) is 4.54. The molecule has 0 radical (unpaired) electrons. The number of aryl methyl sites for hydroxylation is 1. The fourth-order valence-electron chi connectivity index (χ4n) is 3.65. The molecule has 2 heterocycles. The van der Waals surface area contributed by atoms with Crippen molar-refractivity contribution in [3.63, 3.8) is 0 Å². The predicted octanol–water partition coefficient (Wildman–Crippen LogP) is 4.09. The van der Waals surface area contributed by atoms with Gasteiger partial charge in [0.2, 0.25) is 0 Å². The SMILES string of the molecule is COc1ccccc1CN1CCN(C(=O)c2csc(-c3ccccc3C)n2)CC1. The first kappa shape index (κ1) is 19.6. The highest BCUT2D eigenvalue weighted by Gasteiger charge is 2.24. The van der Waals surface area contributed by atoms with Crippen LogP contribution in [0, 0.1) is 6.92 Å². The van der Waals surface area contributed by atoms with Crippen LogP contribution in [-0.2, 0) is 6.54 Å². The van der Waals surface area contributed by atoms with Crippen LogP contribution in [0.4, 0.5) is 0 Å². The summed E-state index contributed by atoms with van der Waals surface area (Å²) < 4.78 is 5.45. The molecule has 0 bridgehead atoms. The van der Waals surface area contributed by atoms with Gasteiger partial charge in [0, 0.05) is 49.2 Å². The molecule has 0 spiro atoms. The van der Waals surface area contributed by atoms with Crippen molar-refractivity contribution >= 4 is 17.2 Å². The molecule has 0 aliphatic carbocycles. The van der Waals surface area contributed by atoms with Gasteiger partial charge in [0.15, 0.2) is 0 Å². The van der Waals surface area contributed by atoms with Crippen LogP contribution < -0.4 is 4.74 Å². The van der Waals surface area contributed by atoms with Gasteiger partial charge in [-0.3, -0.25) is 9.69 Å². The van der Waals surface area contributed by atoms with Gasteiger partial charge in [0.05, 0.1) is 7.11 Å². The Morgan fingerprint density at radius 2 is 1.79 bits per heavy atom. The van der Waals surface area contributed by atoms with E-state index in [1.165, 1.54) is 22.5 Å². The first-order valence-corrected chi connectivity index (χ1v) is 10.7. The molecule has 1 saturated heterocycles. The Hall–Kier alpha value is -2.70. The molecule has 0 atom stereocenters. The van der Waals surface area contributed by atoms with E-state index in [1.807, 2.05) is 40.6 Å². The monoisotopic (exact) mass is 407 g/mol. The van der Waals surface area contributed by atoms with Crippen molar-refractivity contribution in [3.05, 3.63) is 70.7 Å². The first-order chi connectivity index (χ1) is 14.2. The molecule has 0 N–H and O–H groups in total. The highest BCUT2D eigenvalue weighted by atomic mass is 32.1. The highest BCUT2D eigenvalue weighted by molar-refractivity contribution is 7.13. The average Bonchev–Trinajstić information content (AvgIpc) is 3.24. The van der Waals surface area contributed by atoms with Crippen molar-refractivity contribution in [1.29, 1.82) is 0 Å². The summed E-state index contributed by atoms with van der Waals surface area (Å²) in [6.07, 6.45) is 0. The number of rotatable bonds is 5. The lowest BCUT2D eigenvalue weighted by molar-refractivity contribution is 0.0622. The number of carbonyl (C=O) groups excluding carboxylic acids is 1. The van der Waals surface area contributed by atoms with Crippen LogP contribution >= 0.6 is 11.3 Å². The maximum absolute atomic E-state index is 12.9. The van der Waals surface area contributed by atoms with Crippen molar-refractivity contribution in [2.24, 2.45) is 0 Å². The molecule has 0 unspecified atom stereocenters. The third-order valence-electron chi connectivity index (χ3n) is 5.34. The van der Waals surface area contributed by atoms with Crippen molar-refractivity contribution in [3.8, 4) is 16.3 Å². The Morgan fingerprint density at radius 1 is 1.07 bits per heavy atom. The molecule has 1 amide bonds. The quantitative estimate of drug-likeness (QED) is 0.639. The molecule has 3 aromatic rings. The average molecular weight is 408 g/mol. The number of ether oxygens (including phenoxy) is 1. The molecule has 1 aliphatic heterocycles. The molecule has 5 nitrogen and oxygen atoms in total. The van der Waals surface area contributed by atoms with E-state index in [0.717, 1.165) is 36.0 Å². The Bertz CT molecular complexity index is 993. The zero-order valence-corrected chi connectivity index (χ0v) is 17.6. The molecule has 1 fully saturated rings. The van der Waals surface area contributed by atoms with Gasteiger partial charge in [0.25, 0.3) is 5.91 Å². The summed E-state index contributed by atoms with van der Waals surface area (Å²) in [4.78, 5) is 21.8. The molecule has 6 heteroatoms. The van der Waals surface area contributed by atoms with E-state index in [1.54, 1.807) is 7.11 Å². The van der Waals surface area contributed by atoms with E-state index in [4.69, 9.17) is 4.74 Å². The molecule has 2 aromatic carbocycles. The fraction of sp³-hybridized carbons (Fsp3) is 0.304. The Balaban J connectivity index is 1.38. The third kappa shape index (κ3) is 4.33. The maximum Gasteiger partial charge on any atom is 0.273 e. The number of para-hydroxylation sites is 1. The van der Waals surface area contributed by atoms with E-state index in [9.17, 15) is 4.79 Å². The van der Waals surface area contributed by atoms with Crippen LogP contribution in [0.15, 0.2) is 53.9 Å². The molecule has 0 saturated carbocycles. The van der Waals surface area contributed by atoms with Gasteiger partial charge >= 0.3 is 0 Å². The van der Waals surface area contributed by atoms with Gasteiger partial charge in [0.1, 0.15) is 16.5 Å². The second kappa shape index (κ2) is 8.76. The maximum atomic E-state index is 12.9. The van der Waals surface area contributed by atoms with Gasteiger partial charge in [-0.15, -0.1) is 11.3 Å². The third-order valence-corrected chi connectivity index (χ3v) is 6.22. The van der Waals surface area contributed by atoms with Gasteiger partial charge in [-0.2, -0.15) is 0 Å². The van der Waals surface area contributed by atoms with Gasteiger partial charge in [-0.05, 0) is 18.6 Å². The minimum atomic E-state index is 0.0259. The van der Waals surface area contributed by atoms with E-state index in [0.29, 0.717) is 18.8 Å². The second-order valence-corrected chi connectivity index (χ2v) is 8.09. The minimum absolute atomic E-state index is 0.0259. The predicted molar refractivity (Wildman–Crippen MR) is 116 cm³/mol. The lowest BCUT2D eigenvalue weighted by Crippen LogP contribution is -2.48. The topological polar surface area (TPSA) is 45.7 Å². The Kier molecular flexibility index (Phi) is 5.92. The van der Waals surface area contributed by atoms with Gasteiger partial charge in [-0.25, -0.2) is 4.98 Å². The first-order valence-electron chi connectivity index (χ1n) is 9.81. The molecular formula is C23H25N3O2S. The summed E-state index contributed by atoms with van der Waals surface area (Å²) >= 11 is 1.53. The van der Waals surface area contributed by atoms with Crippen LogP contribution in [0.2, 0.25) is 0 Å². The summed E-state index contributed by atoms with van der Waals surface area (Å²) in [5, 5.41) is 2.78. The second-order valence-electron chi connectivity index (χ2n) is 7.23. The highest BCUT2D eigenvalue weighted by Crippen LogP contribution is 2.27. The van der Waals surface area contributed by atoms with Gasteiger partial charge in [-0.1, -0.05) is 42.5 Å². The molecular weight excluding hydrogens is 382 g/mol. The van der Waals surface area contributed by atoms with E-state index >= 15 is 0 Å². The number of methoxy groups -OCH3 is 1. The van der Waals surface area contributed by atoms with E-state index in [2.05, 4.69) is 35.0 Å². The Morgan fingerprint density at radius 3 is 2.55 bits per heavy atom. The van der Waals surface area contributed by atoms with E-state index < -0.39 is 0 Å². The number of hydrogen-bond acceptors (Lipinski definition) is 5. The summed E-state index contributed by atoms with van der Waals surface area (Å²) in [5.74, 6) is 0.940. The molecule has 150 valence electrons. The normalized spacial score (nSPS) is 14.8. The molecule has 29 heavy (non-hydrogen) atoms. The minimum Gasteiger partial charge on any atom is -0.496 e.